The van der Waals surface area contributed by atoms with Gasteiger partial charge in [-0.15, -0.1) is 0 Å². The second-order valence-corrected chi connectivity index (χ2v) is 13.9. The van der Waals surface area contributed by atoms with Crippen molar-refractivity contribution in [1.29, 1.82) is 0 Å². The standard InChI is InChI=1S/C23H30IN4O8S/c1-16(2)13-27(37(33,34)20-10-18(28(31)32)11-25-12-20)14-21(29)22(24-17-6-4-3-5-7-17)26-23(30)36-19-8-9-35-15-19/h3-7,10-12,16,19,21-22,29H,8-9,13-15H2,1-2H3,(H,26,30)/q-1/t19-,21+,22+/m0/s1. The number of pyridine rings is 1. The number of carbonyl (C=O) groups is 1. The molecular formula is C23H30IN4O8S-. The van der Waals surface area contributed by atoms with Crippen LogP contribution in [0.15, 0.2) is 53.7 Å². The predicted molar refractivity (Wildman–Crippen MR) is 128 cm³/mol. The van der Waals surface area contributed by atoms with Gasteiger partial charge in [0.2, 0.25) is 0 Å². The summed E-state index contributed by atoms with van der Waals surface area (Å²) in [5, 5.41) is 25.1. The number of aliphatic hydroxyl groups is 1. The summed E-state index contributed by atoms with van der Waals surface area (Å²) < 4.78 is 38.7. The van der Waals surface area contributed by atoms with Crippen molar-refractivity contribution in [1.82, 2.24) is 14.6 Å². The number of amides is 1. The number of benzene rings is 1. The van der Waals surface area contributed by atoms with Crippen molar-refractivity contribution in [2.24, 2.45) is 5.92 Å². The number of aromatic nitrogens is 1. The van der Waals surface area contributed by atoms with Crippen LogP contribution < -0.4 is 26.5 Å². The Bertz CT molecular complexity index is 1160. The molecule has 2 aromatic rings. The molecule has 12 nitrogen and oxygen atoms in total. The van der Waals surface area contributed by atoms with Crippen molar-refractivity contribution in [2.45, 2.75) is 41.4 Å². The molecule has 3 rings (SSSR count). The molecule has 0 saturated carbocycles. The first kappa shape index (κ1) is 29.2. The van der Waals surface area contributed by atoms with Crippen LogP contribution in [0.25, 0.3) is 0 Å². The van der Waals surface area contributed by atoms with Crippen molar-refractivity contribution in [2.75, 3.05) is 26.3 Å². The molecule has 0 spiro atoms. The summed E-state index contributed by atoms with van der Waals surface area (Å²) >= 11 is -1.01. The van der Waals surface area contributed by atoms with Gasteiger partial charge in [0.25, 0.3) is 0 Å². The van der Waals surface area contributed by atoms with Crippen LogP contribution in [0.1, 0.15) is 20.3 Å². The van der Waals surface area contributed by atoms with Crippen molar-refractivity contribution in [3.63, 3.8) is 0 Å². The molecule has 1 aliphatic heterocycles. The third-order valence-corrected chi connectivity index (χ3v) is 10.3. The first-order valence-corrected chi connectivity index (χ1v) is 15.3. The predicted octanol–water partition coefficient (Wildman–Crippen LogP) is -1.20. The quantitative estimate of drug-likeness (QED) is 0.0947. The number of aliphatic hydroxyl groups excluding tert-OH is 1. The Morgan fingerprint density at radius 1 is 1.32 bits per heavy atom. The van der Waals surface area contributed by atoms with Gasteiger partial charge in [0, 0.05) is 0 Å². The van der Waals surface area contributed by atoms with Gasteiger partial charge < -0.3 is 0 Å². The van der Waals surface area contributed by atoms with E-state index in [1.165, 1.54) is 0 Å². The first-order valence-electron chi connectivity index (χ1n) is 11.6. The molecule has 0 radical (unpaired) electrons. The Hall–Kier alpha value is -2.40. The van der Waals surface area contributed by atoms with Crippen molar-refractivity contribution in [3.05, 3.63) is 62.5 Å². The molecule has 14 heteroatoms. The zero-order chi connectivity index (χ0) is 27.0. The maximum atomic E-state index is 13.4. The zero-order valence-electron chi connectivity index (χ0n) is 20.4. The van der Waals surface area contributed by atoms with Gasteiger partial charge in [-0.25, -0.2) is 0 Å². The Balaban J connectivity index is 1.83. The van der Waals surface area contributed by atoms with Gasteiger partial charge in [0.05, 0.1) is 0 Å². The van der Waals surface area contributed by atoms with Crippen LogP contribution in [0.4, 0.5) is 10.5 Å². The fourth-order valence-electron chi connectivity index (χ4n) is 3.50. The van der Waals surface area contributed by atoms with Crippen LogP contribution in [-0.2, 0) is 19.5 Å². The van der Waals surface area contributed by atoms with Crippen LogP contribution in [0.5, 0.6) is 0 Å². The van der Waals surface area contributed by atoms with E-state index in [4.69, 9.17) is 9.47 Å². The number of ether oxygens (including phenoxy) is 2. The van der Waals surface area contributed by atoms with Crippen LogP contribution in [0.3, 0.4) is 0 Å². The molecule has 0 aliphatic carbocycles. The van der Waals surface area contributed by atoms with Gasteiger partial charge in [-0.1, -0.05) is 0 Å². The van der Waals surface area contributed by atoms with Crippen LogP contribution in [0.2, 0.25) is 0 Å². The molecule has 1 saturated heterocycles. The van der Waals surface area contributed by atoms with E-state index in [1.54, 1.807) is 0 Å². The Labute approximate surface area is 225 Å². The molecule has 37 heavy (non-hydrogen) atoms. The van der Waals surface area contributed by atoms with Gasteiger partial charge in [-0.2, -0.15) is 0 Å². The summed E-state index contributed by atoms with van der Waals surface area (Å²) in [5.74, 6) is -0.115. The topological polar surface area (TPSA) is 161 Å². The summed E-state index contributed by atoms with van der Waals surface area (Å²) in [6.07, 6.45) is 0.206. The molecule has 1 aromatic carbocycles. The van der Waals surface area contributed by atoms with E-state index in [1.807, 2.05) is 44.2 Å². The fraction of sp³-hybridized carbons (Fsp3) is 0.478. The van der Waals surface area contributed by atoms with Crippen LogP contribution >= 0.6 is 0 Å². The van der Waals surface area contributed by atoms with Gasteiger partial charge >= 0.3 is 226 Å². The summed E-state index contributed by atoms with van der Waals surface area (Å²) in [7, 11) is -4.24. The van der Waals surface area contributed by atoms with Crippen LogP contribution in [-0.4, -0.2) is 76.4 Å². The fourth-order valence-corrected chi connectivity index (χ4v) is 7.76. The number of nitro groups is 1. The Morgan fingerprint density at radius 3 is 2.68 bits per heavy atom. The molecule has 1 fully saturated rings. The summed E-state index contributed by atoms with van der Waals surface area (Å²) in [6.45, 7) is 4.12. The molecule has 1 aromatic heterocycles. The minimum absolute atomic E-state index is 0.0440. The van der Waals surface area contributed by atoms with E-state index in [2.05, 4.69) is 10.3 Å². The van der Waals surface area contributed by atoms with Gasteiger partial charge in [-0.05, 0) is 0 Å². The molecule has 204 valence electrons. The van der Waals surface area contributed by atoms with E-state index in [0.29, 0.717) is 19.6 Å². The SMILES string of the molecule is CC(C)CN(C[C@@H](O)[C@@H](NC(=O)O[C@H]1CCOC1)[I-]c1ccccc1)S(=O)(=O)c1cncc([N+](=O)[O-])c1. The Kier molecular flexibility index (Phi) is 10.6. The molecule has 2 N–H and O–H groups in total. The number of hydrogen-bond acceptors (Lipinski definition) is 9. The third kappa shape index (κ3) is 8.56. The van der Waals surface area contributed by atoms with E-state index < -0.39 is 58.1 Å². The number of alkyl halides is 1. The normalized spacial score (nSPS) is 17.6. The number of rotatable bonds is 12. The Morgan fingerprint density at radius 2 is 2.05 bits per heavy atom. The number of carbonyl (C=O) groups excluding carboxylic acids is 1. The molecule has 1 amide bonds. The van der Waals surface area contributed by atoms with Crippen molar-refractivity contribution in [3.8, 4) is 0 Å². The van der Waals surface area contributed by atoms with Crippen molar-refractivity contribution >= 4 is 21.8 Å². The third-order valence-electron chi connectivity index (χ3n) is 5.24. The van der Waals surface area contributed by atoms with Crippen molar-refractivity contribution < 1.29 is 53.9 Å². The first-order chi connectivity index (χ1) is 17.6. The monoisotopic (exact) mass is 649 g/mol. The molecular weight excluding hydrogens is 619 g/mol. The number of nitrogens with one attached hydrogen (secondary N) is 1. The van der Waals surface area contributed by atoms with Gasteiger partial charge in [0.15, 0.2) is 0 Å². The molecule has 1 aliphatic rings. The molecule has 0 bridgehead atoms. The average Bonchev–Trinajstić information content (AvgIpc) is 3.36. The van der Waals surface area contributed by atoms with E-state index in [0.717, 1.165) is 26.3 Å². The summed E-state index contributed by atoms with van der Waals surface area (Å²) in [4.78, 5) is 26.4. The van der Waals surface area contributed by atoms with E-state index >= 15 is 0 Å². The number of alkyl carbamates (subject to hydrolysis) is 1. The zero-order valence-corrected chi connectivity index (χ0v) is 23.4. The van der Waals surface area contributed by atoms with Crippen LogP contribution in [0, 0.1) is 19.6 Å². The number of halogens is 1. The summed E-state index contributed by atoms with van der Waals surface area (Å²) in [5.41, 5.74) is -0.459. The van der Waals surface area contributed by atoms with E-state index in [-0.39, 0.29) is 30.0 Å². The number of hydrogen-bond donors (Lipinski definition) is 2. The van der Waals surface area contributed by atoms with Gasteiger partial charge in [0.1, 0.15) is 0 Å². The summed E-state index contributed by atoms with van der Waals surface area (Å²) in [6, 6.07) is 10.2. The molecule has 3 atom stereocenters. The molecule has 0 unspecified atom stereocenters. The second-order valence-electron chi connectivity index (χ2n) is 8.76. The molecule has 2 heterocycles. The number of sulfonamides is 1. The minimum atomic E-state index is -4.24. The second kappa shape index (κ2) is 13.4. The number of nitrogens with zero attached hydrogens (tertiary/aromatic N) is 3. The maximum absolute atomic E-state index is 13.4. The van der Waals surface area contributed by atoms with Gasteiger partial charge in [-0.3, -0.25) is 0 Å². The average molecular weight is 649 g/mol. The van der Waals surface area contributed by atoms with E-state index in [9.17, 15) is 28.4 Å².